The summed E-state index contributed by atoms with van der Waals surface area (Å²) < 4.78 is 17.6. The molecule has 0 spiro atoms. The Bertz CT molecular complexity index is 1650. The molecule has 1 heterocycles. The van der Waals surface area contributed by atoms with Crippen LogP contribution in [0.15, 0.2) is 18.2 Å². The molecule has 278 valence electrons. The first kappa shape index (κ1) is 38.4. The highest BCUT2D eigenvalue weighted by Gasteiger charge is 2.49. The number of carbonyl (C=O) groups is 4. The molecule has 0 bridgehead atoms. The highest BCUT2D eigenvalue weighted by Crippen LogP contribution is 2.52. The first-order chi connectivity index (χ1) is 24.3. The molecule has 51 heavy (non-hydrogen) atoms. The molecule has 1 fully saturated rings. The second kappa shape index (κ2) is 16.2. The van der Waals surface area contributed by atoms with E-state index < -0.39 is 82.6 Å². The van der Waals surface area contributed by atoms with Gasteiger partial charge in [-0.25, -0.2) is 0 Å². The molecule has 5 rings (SSSR count). The van der Waals surface area contributed by atoms with Gasteiger partial charge >= 0.3 is 0 Å². The smallest absolute Gasteiger partial charge is 0.220 e. The monoisotopic (exact) mass is 709 g/mol. The van der Waals surface area contributed by atoms with Crippen LogP contribution in [0.5, 0.6) is 17.2 Å². The topological polar surface area (TPSA) is 189 Å². The van der Waals surface area contributed by atoms with Crippen LogP contribution in [0.1, 0.15) is 147 Å². The number of aliphatic hydroxyl groups excluding tert-OH is 1. The predicted octanol–water partition coefficient (Wildman–Crippen LogP) is 5.11. The van der Waals surface area contributed by atoms with Gasteiger partial charge in [-0.15, -0.1) is 0 Å². The molecule has 3 aliphatic rings. The van der Waals surface area contributed by atoms with Crippen LogP contribution in [0.4, 0.5) is 0 Å². The number of amides is 1. The van der Waals surface area contributed by atoms with Crippen molar-refractivity contribution in [3.8, 4) is 17.2 Å². The maximum absolute atomic E-state index is 13.9. The lowest BCUT2D eigenvalue weighted by Crippen LogP contribution is -2.55. The van der Waals surface area contributed by atoms with Gasteiger partial charge in [-0.1, -0.05) is 70.4 Å². The van der Waals surface area contributed by atoms with Crippen LogP contribution < -0.4 is 10.1 Å². The van der Waals surface area contributed by atoms with E-state index in [4.69, 9.17) is 14.2 Å². The number of ether oxygens (including phenoxy) is 3. The van der Waals surface area contributed by atoms with Gasteiger partial charge in [0.25, 0.3) is 0 Å². The lowest BCUT2D eigenvalue weighted by molar-refractivity contribution is -0.249. The predicted molar refractivity (Wildman–Crippen MR) is 186 cm³/mol. The number of unbranched alkanes of at least 4 members (excludes halogenated alkanes) is 8. The molecule has 0 saturated carbocycles. The summed E-state index contributed by atoms with van der Waals surface area (Å²) in [6, 6.07) is 3.70. The number of aromatic hydroxyl groups is 2. The minimum Gasteiger partial charge on any atom is -0.507 e. The Balaban J connectivity index is 1.36. The minimum absolute atomic E-state index is 0.000977. The zero-order valence-corrected chi connectivity index (χ0v) is 30.0. The summed E-state index contributed by atoms with van der Waals surface area (Å²) in [6.45, 7) is 5.00. The summed E-state index contributed by atoms with van der Waals surface area (Å²) in [5.41, 5.74) is -3.20. The van der Waals surface area contributed by atoms with Crippen LogP contribution in [-0.4, -0.2) is 80.9 Å². The van der Waals surface area contributed by atoms with Gasteiger partial charge < -0.3 is 40.0 Å². The number of carbonyl (C=O) groups excluding carboxylic acids is 4. The molecule has 0 radical (unpaired) electrons. The number of Topliss-reactive ketones (excluding diaryl/α,β-unsaturated/α-hetero) is 1. The molecule has 12 nitrogen and oxygen atoms in total. The van der Waals surface area contributed by atoms with Crippen LogP contribution in [-0.2, 0) is 25.5 Å². The highest BCUT2D eigenvalue weighted by atomic mass is 16.7. The molecule has 1 saturated heterocycles. The fourth-order valence-corrected chi connectivity index (χ4v) is 7.64. The van der Waals surface area contributed by atoms with E-state index in [-0.39, 0.29) is 46.8 Å². The van der Waals surface area contributed by atoms with Crippen molar-refractivity contribution in [2.24, 2.45) is 0 Å². The largest absolute Gasteiger partial charge is 0.507 e. The molecule has 2 aliphatic carbocycles. The van der Waals surface area contributed by atoms with E-state index in [1.807, 2.05) is 0 Å². The minimum atomic E-state index is -2.05. The van der Waals surface area contributed by atoms with Crippen molar-refractivity contribution in [2.75, 3.05) is 7.11 Å². The standard InChI is InChI=1S/C39H51NO11/c1-5-6-7-8-9-10-11-12-13-17-28(42)40-25-18-29(50-21(2)34(25)43)51-27-20-39(48,22(3)41)19-24-31(27)38(47)33-32(36(24)45)35(44)23-15-14-16-26(49-4)30(23)37(33)46/h14-16,21,25,27,29,34,43,45,47-48H,5-13,17-20H2,1-4H3,(H,40,42)/t21-,25-,27?,29-,34+,39-/m0/s1. The lowest BCUT2D eigenvalue weighted by atomic mass is 9.72. The van der Waals surface area contributed by atoms with Gasteiger partial charge in [-0.2, -0.15) is 0 Å². The van der Waals surface area contributed by atoms with Gasteiger partial charge in [0.05, 0.1) is 42.0 Å². The molecular weight excluding hydrogens is 658 g/mol. The van der Waals surface area contributed by atoms with Gasteiger partial charge in [0.1, 0.15) is 29.0 Å². The molecule has 6 atom stereocenters. The highest BCUT2D eigenvalue weighted by molar-refractivity contribution is 6.31. The van der Waals surface area contributed by atoms with E-state index >= 15 is 0 Å². The fraction of sp³-hybridized carbons (Fsp3) is 0.590. The third-order valence-electron chi connectivity index (χ3n) is 10.6. The van der Waals surface area contributed by atoms with Gasteiger partial charge in [0, 0.05) is 42.4 Å². The first-order valence-electron chi connectivity index (χ1n) is 18.2. The van der Waals surface area contributed by atoms with Crippen LogP contribution in [0.2, 0.25) is 0 Å². The number of hydrogen-bond acceptors (Lipinski definition) is 11. The zero-order valence-electron chi connectivity index (χ0n) is 30.0. The summed E-state index contributed by atoms with van der Waals surface area (Å²) >= 11 is 0. The molecule has 1 amide bonds. The number of phenolic OH excluding ortho intramolecular Hbond substituents is 2. The van der Waals surface area contributed by atoms with Crippen molar-refractivity contribution >= 4 is 23.3 Å². The van der Waals surface area contributed by atoms with E-state index in [9.17, 15) is 39.6 Å². The van der Waals surface area contributed by atoms with E-state index in [0.717, 1.165) is 25.7 Å². The summed E-state index contributed by atoms with van der Waals surface area (Å²) in [5, 5.41) is 48.6. The van der Waals surface area contributed by atoms with Gasteiger partial charge in [0.15, 0.2) is 17.9 Å². The van der Waals surface area contributed by atoms with Gasteiger partial charge in [0.2, 0.25) is 11.7 Å². The molecule has 12 heteroatoms. The second-order valence-electron chi connectivity index (χ2n) is 14.2. The Morgan fingerprint density at radius 2 is 1.61 bits per heavy atom. The second-order valence-corrected chi connectivity index (χ2v) is 14.2. The summed E-state index contributed by atoms with van der Waals surface area (Å²) in [4.78, 5) is 53.3. The molecule has 5 N–H and O–H groups in total. The molecule has 1 aliphatic heterocycles. The quantitative estimate of drug-likeness (QED) is 0.104. The number of fused-ring (bicyclic) bond motifs is 3. The first-order valence-corrected chi connectivity index (χ1v) is 18.2. The molecule has 1 unspecified atom stereocenters. The van der Waals surface area contributed by atoms with E-state index in [1.54, 1.807) is 6.92 Å². The number of ketones is 3. The Kier molecular flexibility index (Phi) is 12.2. The van der Waals surface area contributed by atoms with Gasteiger partial charge in [-0.05, 0) is 26.3 Å². The number of phenols is 2. The number of aliphatic hydroxyl groups is 2. The molecule has 0 aromatic heterocycles. The number of rotatable bonds is 15. The summed E-state index contributed by atoms with van der Waals surface area (Å²) in [6.07, 6.45) is 5.31. The Morgan fingerprint density at radius 1 is 0.961 bits per heavy atom. The number of nitrogens with one attached hydrogen (secondary N) is 1. The van der Waals surface area contributed by atoms with Crippen LogP contribution in [0.3, 0.4) is 0 Å². The third kappa shape index (κ3) is 7.84. The normalized spacial score (nSPS) is 25.5. The summed E-state index contributed by atoms with van der Waals surface area (Å²) in [5.74, 6) is -3.49. The van der Waals surface area contributed by atoms with Crippen molar-refractivity contribution in [1.82, 2.24) is 5.32 Å². The Morgan fingerprint density at radius 3 is 2.25 bits per heavy atom. The fourth-order valence-electron chi connectivity index (χ4n) is 7.64. The van der Waals surface area contributed by atoms with Crippen LogP contribution in [0.25, 0.3) is 0 Å². The maximum Gasteiger partial charge on any atom is 0.220 e. The number of methoxy groups -OCH3 is 1. The third-order valence-corrected chi connectivity index (χ3v) is 10.6. The van der Waals surface area contributed by atoms with Crippen molar-refractivity contribution in [1.29, 1.82) is 0 Å². The molecule has 2 aromatic rings. The van der Waals surface area contributed by atoms with E-state index in [2.05, 4.69) is 12.2 Å². The van der Waals surface area contributed by atoms with Crippen molar-refractivity contribution < 1.29 is 53.8 Å². The Labute approximate surface area is 298 Å². The SMILES string of the molecule is CCCCCCCCCCCC(=O)N[C@H]1C[C@H](OC2C[C@](O)(C(C)=O)Cc3c(O)c4c(c(O)c32)C(=O)c2c(OC)cccc2C4=O)O[C@@H](C)[C@H]1O. The Hall–Kier alpha value is -3.84. The average molecular weight is 710 g/mol. The van der Waals surface area contributed by atoms with Crippen LogP contribution in [0, 0.1) is 0 Å². The van der Waals surface area contributed by atoms with Gasteiger partial charge in [-0.3, -0.25) is 19.2 Å². The molecular formula is C39H51NO11. The van der Waals surface area contributed by atoms with E-state index in [0.29, 0.717) is 6.42 Å². The van der Waals surface area contributed by atoms with Crippen molar-refractivity contribution in [3.63, 3.8) is 0 Å². The average Bonchev–Trinajstić information content (AvgIpc) is 3.09. The number of benzene rings is 2. The maximum atomic E-state index is 13.9. The van der Waals surface area contributed by atoms with Crippen molar-refractivity contribution in [3.05, 3.63) is 51.6 Å². The molecule has 2 aromatic carbocycles. The number of hydrogen-bond donors (Lipinski definition) is 5. The lowest BCUT2D eigenvalue weighted by Gasteiger charge is -2.42. The van der Waals surface area contributed by atoms with E-state index in [1.165, 1.54) is 64.3 Å². The zero-order chi connectivity index (χ0) is 37.0. The summed E-state index contributed by atoms with van der Waals surface area (Å²) in [7, 11) is 1.34. The van der Waals surface area contributed by atoms with Crippen molar-refractivity contribution in [2.45, 2.75) is 140 Å². The van der Waals surface area contributed by atoms with Crippen LogP contribution >= 0.6 is 0 Å².